The predicted molar refractivity (Wildman–Crippen MR) is 119 cm³/mol. The van der Waals surface area contributed by atoms with Gasteiger partial charge in [-0.1, -0.05) is 30.3 Å². The van der Waals surface area contributed by atoms with Crippen molar-refractivity contribution in [2.75, 3.05) is 5.32 Å². The van der Waals surface area contributed by atoms with Crippen LogP contribution >= 0.6 is 0 Å². The van der Waals surface area contributed by atoms with Crippen LogP contribution in [0.15, 0.2) is 70.6 Å². The molecule has 0 aliphatic heterocycles. The Hall–Kier alpha value is -4.60. The maximum atomic E-state index is 13.3. The summed E-state index contributed by atoms with van der Waals surface area (Å²) < 4.78 is 2.75. The number of aromatic amines is 1. The number of H-pyrrole nitrogens is 1. The van der Waals surface area contributed by atoms with Crippen molar-refractivity contribution in [3.8, 4) is 5.69 Å². The van der Waals surface area contributed by atoms with Crippen molar-refractivity contribution < 1.29 is 4.79 Å². The standard InChI is InChI=1S/C22H17N7O3/c1-2-28-22(32)14-8-4-3-7-13(14)18(27-28)21(31)26-16-9-5-6-10-17(16)29-19-15(11-25-29)20(30)24-12-23-19/h3-12H,2H2,1H3,(H,26,31)(H,23,24,30). The molecule has 0 saturated heterocycles. The highest BCUT2D eigenvalue weighted by atomic mass is 16.2. The number of hydrogen-bond acceptors (Lipinski definition) is 6. The zero-order valence-electron chi connectivity index (χ0n) is 16.9. The number of carbonyl (C=O) groups is 1. The summed E-state index contributed by atoms with van der Waals surface area (Å²) in [5, 5.41) is 12.6. The summed E-state index contributed by atoms with van der Waals surface area (Å²) in [5.74, 6) is -0.474. The van der Waals surface area contributed by atoms with Gasteiger partial charge in [0.2, 0.25) is 0 Å². The Morgan fingerprint density at radius 1 is 1.03 bits per heavy atom. The van der Waals surface area contributed by atoms with Crippen LogP contribution in [-0.2, 0) is 6.54 Å². The van der Waals surface area contributed by atoms with Crippen molar-refractivity contribution in [1.29, 1.82) is 0 Å². The van der Waals surface area contributed by atoms with Crippen molar-refractivity contribution in [3.63, 3.8) is 0 Å². The second-order valence-corrected chi connectivity index (χ2v) is 7.01. The van der Waals surface area contributed by atoms with Crippen molar-refractivity contribution in [2.24, 2.45) is 0 Å². The van der Waals surface area contributed by atoms with Gasteiger partial charge in [0.15, 0.2) is 11.3 Å². The predicted octanol–water partition coefficient (Wildman–Crippen LogP) is 2.09. The Kier molecular flexibility index (Phi) is 4.59. The van der Waals surface area contributed by atoms with E-state index < -0.39 is 5.91 Å². The summed E-state index contributed by atoms with van der Waals surface area (Å²) in [6.07, 6.45) is 2.72. The highest BCUT2D eigenvalue weighted by Gasteiger charge is 2.19. The average molecular weight is 427 g/mol. The first-order valence-corrected chi connectivity index (χ1v) is 9.90. The quantitative estimate of drug-likeness (QED) is 0.452. The largest absolute Gasteiger partial charge is 0.319 e. The van der Waals surface area contributed by atoms with Gasteiger partial charge in [0, 0.05) is 11.9 Å². The van der Waals surface area contributed by atoms with Crippen LogP contribution in [0.25, 0.3) is 27.5 Å². The number of benzene rings is 2. The van der Waals surface area contributed by atoms with Crippen molar-refractivity contribution >= 4 is 33.4 Å². The van der Waals surface area contributed by atoms with E-state index in [-0.39, 0.29) is 16.8 Å². The number of carbonyl (C=O) groups excluding carboxylic acids is 1. The Bertz CT molecular complexity index is 1610. The molecule has 0 aliphatic carbocycles. The van der Waals surface area contributed by atoms with E-state index in [4.69, 9.17) is 0 Å². The van der Waals surface area contributed by atoms with Crippen molar-refractivity contribution in [3.05, 3.63) is 87.5 Å². The van der Waals surface area contributed by atoms with Gasteiger partial charge in [-0.3, -0.25) is 14.4 Å². The monoisotopic (exact) mass is 427 g/mol. The number of aromatic nitrogens is 6. The summed E-state index contributed by atoms with van der Waals surface area (Å²) in [5.41, 5.74) is 0.918. The molecule has 0 atom stereocenters. The fourth-order valence-corrected chi connectivity index (χ4v) is 3.60. The van der Waals surface area contributed by atoms with Crippen LogP contribution in [0, 0.1) is 0 Å². The maximum absolute atomic E-state index is 13.3. The molecular weight excluding hydrogens is 410 g/mol. The molecule has 0 fully saturated rings. The lowest BCUT2D eigenvalue weighted by atomic mass is 10.1. The molecule has 1 amide bonds. The molecule has 10 heteroatoms. The molecule has 0 spiro atoms. The average Bonchev–Trinajstić information content (AvgIpc) is 3.25. The van der Waals surface area contributed by atoms with Crippen molar-refractivity contribution in [1.82, 2.24) is 29.5 Å². The van der Waals surface area contributed by atoms with Gasteiger partial charge in [-0.05, 0) is 25.1 Å². The summed E-state index contributed by atoms with van der Waals surface area (Å²) in [7, 11) is 0. The zero-order chi connectivity index (χ0) is 22.2. The van der Waals surface area contributed by atoms with Gasteiger partial charge in [-0.25, -0.2) is 14.3 Å². The number of para-hydroxylation sites is 2. The SMILES string of the molecule is CCn1nc(C(=O)Nc2ccccc2-n2ncc3c(=O)[nH]cnc32)c2ccccc2c1=O. The van der Waals surface area contributed by atoms with E-state index in [2.05, 4.69) is 25.5 Å². The van der Waals surface area contributed by atoms with E-state index >= 15 is 0 Å². The number of fused-ring (bicyclic) bond motifs is 2. The first kappa shape index (κ1) is 19.4. The van der Waals surface area contributed by atoms with Crippen LogP contribution in [0.1, 0.15) is 17.4 Å². The van der Waals surface area contributed by atoms with E-state index in [0.717, 1.165) is 0 Å². The maximum Gasteiger partial charge on any atom is 0.276 e. The van der Waals surface area contributed by atoms with Crippen LogP contribution in [0.3, 0.4) is 0 Å². The lowest BCUT2D eigenvalue weighted by molar-refractivity contribution is 0.102. The molecule has 32 heavy (non-hydrogen) atoms. The Morgan fingerprint density at radius 2 is 1.78 bits per heavy atom. The van der Waals surface area contributed by atoms with E-state index in [1.165, 1.54) is 21.9 Å². The molecule has 0 saturated carbocycles. The minimum atomic E-state index is -0.474. The Labute approximate surface area is 180 Å². The summed E-state index contributed by atoms with van der Waals surface area (Å²) >= 11 is 0. The number of hydrogen-bond donors (Lipinski definition) is 2. The summed E-state index contributed by atoms with van der Waals surface area (Å²) in [6.45, 7) is 2.12. The minimum absolute atomic E-state index is 0.136. The highest BCUT2D eigenvalue weighted by Crippen LogP contribution is 2.23. The fourth-order valence-electron chi connectivity index (χ4n) is 3.60. The number of amides is 1. The minimum Gasteiger partial charge on any atom is -0.319 e. The molecule has 2 aromatic carbocycles. The van der Waals surface area contributed by atoms with Gasteiger partial charge in [0.1, 0.15) is 5.39 Å². The smallest absolute Gasteiger partial charge is 0.276 e. The van der Waals surface area contributed by atoms with E-state index in [9.17, 15) is 14.4 Å². The molecule has 0 radical (unpaired) electrons. The molecule has 3 aromatic heterocycles. The normalized spacial score (nSPS) is 11.2. The lowest BCUT2D eigenvalue weighted by Crippen LogP contribution is -2.27. The van der Waals surface area contributed by atoms with E-state index in [1.54, 1.807) is 55.5 Å². The van der Waals surface area contributed by atoms with Crippen LogP contribution in [-0.4, -0.2) is 35.4 Å². The summed E-state index contributed by atoms with van der Waals surface area (Å²) in [4.78, 5) is 44.6. The van der Waals surface area contributed by atoms with Crippen LogP contribution in [0.2, 0.25) is 0 Å². The third-order valence-corrected chi connectivity index (χ3v) is 5.13. The zero-order valence-corrected chi connectivity index (χ0v) is 16.9. The first-order chi connectivity index (χ1) is 15.6. The number of aryl methyl sites for hydroxylation is 1. The molecule has 5 aromatic rings. The van der Waals surface area contributed by atoms with Gasteiger partial charge in [-0.2, -0.15) is 10.2 Å². The van der Waals surface area contributed by atoms with Crippen molar-refractivity contribution in [2.45, 2.75) is 13.5 Å². The third kappa shape index (κ3) is 3.05. The second kappa shape index (κ2) is 7.58. The fraction of sp³-hybridized carbons (Fsp3) is 0.0909. The van der Waals surface area contributed by atoms with Gasteiger partial charge in [-0.15, -0.1) is 0 Å². The Balaban J connectivity index is 1.62. The van der Waals surface area contributed by atoms with Crippen LogP contribution in [0.5, 0.6) is 0 Å². The van der Waals surface area contributed by atoms with Gasteiger partial charge < -0.3 is 10.3 Å². The van der Waals surface area contributed by atoms with Gasteiger partial charge >= 0.3 is 0 Å². The van der Waals surface area contributed by atoms with Crippen LogP contribution in [0.4, 0.5) is 5.69 Å². The number of rotatable bonds is 4. The number of anilines is 1. The molecule has 5 rings (SSSR count). The molecule has 10 nitrogen and oxygen atoms in total. The Morgan fingerprint density at radius 3 is 2.59 bits per heavy atom. The lowest BCUT2D eigenvalue weighted by Gasteiger charge is -2.13. The summed E-state index contributed by atoms with van der Waals surface area (Å²) in [6, 6.07) is 13.9. The first-order valence-electron chi connectivity index (χ1n) is 9.90. The highest BCUT2D eigenvalue weighted by molar-refractivity contribution is 6.11. The molecule has 2 N–H and O–H groups in total. The van der Waals surface area contributed by atoms with Gasteiger partial charge in [0.25, 0.3) is 17.0 Å². The third-order valence-electron chi connectivity index (χ3n) is 5.13. The van der Waals surface area contributed by atoms with Crippen LogP contribution < -0.4 is 16.4 Å². The van der Waals surface area contributed by atoms with Gasteiger partial charge in [0.05, 0.1) is 29.3 Å². The molecule has 3 heterocycles. The molecular formula is C22H17N7O3. The second-order valence-electron chi connectivity index (χ2n) is 7.01. The van der Waals surface area contributed by atoms with E-state index in [0.29, 0.717) is 39.7 Å². The molecule has 158 valence electrons. The molecule has 0 unspecified atom stereocenters. The topological polar surface area (TPSA) is 128 Å². The van der Waals surface area contributed by atoms with E-state index in [1.807, 2.05) is 0 Å². The molecule has 0 aliphatic rings. The number of nitrogens with one attached hydrogen (secondary N) is 2. The molecule has 0 bridgehead atoms. The number of nitrogens with zero attached hydrogens (tertiary/aromatic N) is 5.